The van der Waals surface area contributed by atoms with Gasteiger partial charge < -0.3 is 20.0 Å². The predicted molar refractivity (Wildman–Crippen MR) is 217 cm³/mol. The molecule has 0 radical (unpaired) electrons. The molecule has 3 aromatic carbocycles. The molecule has 0 spiro atoms. The van der Waals surface area contributed by atoms with Gasteiger partial charge in [0.2, 0.25) is 15.9 Å². The highest BCUT2D eigenvalue weighted by Crippen LogP contribution is 2.37. The highest BCUT2D eigenvalue weighted by Gasteiger charge is 2.32. The summed E-state index contributed by atoms with van der Waals surface area (Å²) in [5.41, 5.74) is 7.54. The second kappa shape index (κ2) is 16.3. The minimum atomic E-state index is -3.41. The van der Waals surface area contributed by atoms with Crippen molar-refractivity contribution in [3.8, 4) is 22.4 Å². The van der Waals surface area contributed by atoms with Crippen LogP contribution in [0.25, 0.3) is 22.4 Å². The third-order valence-electron chi connectivity index (χ3n) is 11.9. The van der Waals surface area contributed by atoms with Crippen molar-refractivity contribution in [3.63, 3.8) is 0 Å². The average Bonchev–Trinajstić information content (AvgIpc) is 3.91. The van der Waals surface area contributed by atoms with Crippen LogP contribution in [0.2, 0.25) is 5.02 Å². The highest BCUT2D eigenvalue weighted by atomic mass is 35.5. The van der Waals surface area contributed by atoms with E-state index in [1.807, 2.05) is 42.5 Å². The first kappa shape index (κ1) is 38.6. The summed E-state index contributed by atoms with van der Waals surface area (Å²) >= 11 is 6.82. The van der Waals surface area contributed by atoms with Gasteiger partial charge in [0.25, 0.3) is 5.91 Å². The molecule has 0 unspecified atom stereocenters. The zero-order valence-corrected chi connectivity index (χ0v) is 33.4. The van der Waals surface area contributed by atoms with Crippen molar-refractivity contribution in [1.29, 1.82) is 0 Å². The first-order chi connectivity index (χ1) is 27.0. The molecule has 4 aliphatic heterocycles. The number of nitrogens with zero attached hydrogens (tertiary/aromatic N) is 6. The van der Waals surface area contributed by atoms with Crippen molar-refractivity contribution in [3.05, 3.63) is 93.9 Å². The Morgan fingerprint density at radius 1 is 0.929 bits per heavy atom. The highest BCUT2D eigenvalue weighted by molar-refractivity contribution is 7.88. The zero-order valence-electron chi connectivity index (χ0n) is 31.9. The molecule has 296 valence electrons. The van der Waals surface area contributed by atoms with Crippen molar-refractivity contribution >= 4 is 39.1 Å². The SMILES string of the molecule is CS(=O)(=O)N1CCc2c(c(-c3ccc(Cl)c(-c4cccc(C(=O)NCCN5CCc6ccc(F)cc65)c4)c3)nn2CCCN2CCC(N3CCCC3=O)CC2)C1. The molecule has 2 fully saturated rings. The molecule has 4 aliphatic rings. The number of halogens is 2. The molecule has 1 N–H and O–H groups in total. The summed E-state index contributed by atoms with van der Waals surface area (Å²) < 4.78 is 42.8. The monoisotopic (exact) mass is 801 g/mol. The fourth-order valence-corrected chi connectivity index (χ4v) is 9.91. The van der Waals surface area contributed by atoms with Gasteiger partial charge in [-0.2, -0.15) is 9.40 Å². The fraction of sp³-hybridized carbons (Fsp3) is 0.452. The van der Waals surface area contributed by atoms with Crippen LogP contribution in [0, 0.1) is 5.82 Å². The molecule has 8 rings (SSSR count). The maximum Gasteiger partial charge on any atom is 0.251 e. The van der Waals surface area contributed by atoms with Gasteiger partial charge in [-0.05, 0) is 86.2 Å². The van der Waals surface area contributed by atoms with E-state index in [1.165, 1.54) is 16.6 Å². The lowest BCUT2D eigenvalue weighted by Crippen LogP contribution is -2.45. The molecule has 4 aromatic rings. The molecule has 0 saturated carbocycles. The Hall–Kier alpha value is -4.30. The number of aryl methyl sites for hydroxylation is 1. The maximum atomic E-state index is 13.9. The van der Waals surface area contributed by atoms with Crippen LogP contribution in [0.4, 0.5) is 10.1 Å². The number of aromatic nitrogens is 2. The lowest BCUT2D eigenvalue weighted by Gasteiger charge is -2.36. The molecule has 2 amide bonds. The molecule has 11 nitrogen and oxygen atoms in total. The quantitative estimate of drug-likeness (QED) is 0.199. The van der Waals surface area contributed by atoms with Gasteiger partial charge in [0.1, 0.15) is 5.82 Å². The van der Waals surface area contributed by atoms with Crippen molar-refractivity contribution in [2.45, 2.75) is 64.1 Å². The molecule has 5 heterocycles. The van der Waals surface area contributed by atoms with E-state index in [-0.39, 0.29) is 18.3 Å². The van der Waals surface area contributed by atoms with E-state index in [0.717, 1.165) is 110 Å². The van der Waals surface area contributed by atoms with E-state index in [2.05, 4.69) is 24.7 Å². The Morgan fingerprint density at radius 2 is 1.77 bits per heavy atom. The summed E-state index contributed by atoms with van der Waals surface area (Å²) in [5.74, 6) is -0.172. The molecule has 14 heteroatoms. The molecule has 0 atom stereocenters. The van der Waals surface area contributed by atoms with Gasteiger partial charge in [-0.3, -0.25) is 14.3 Å². The fourth-order valence-electron chi connectivity index (χ4n) is 8.90. The Balaban J connectivity index is 0.965. The largest absolute Gasteiger partial charge is 0.369 e. The normalized spacial score (nSPS) is 18.1. The number of fused-ring (bicyclic) bond motifs is 2. The zero-order chi connectivity index (χ0) is 39.0. The molecular weight excluding hydrogens is 753 g/mol. The molecular formula is C42H49ClFN7O4S. The van der Waals surface area contributed by atoms with E-state index in [0.29, 0.717) is 61.6 Å². The van der Waals surface area contributed by atoms with E-state index >= 15 is 0 Å². The first-order valence-electron chi connectivity index (χ1n) is 19.8. The van der Waals surface area contributed by atoms with Crippen LogP contribution in [-0.4, -0.2) is 109 Å². The van der Waals surface area contributed by atoms with Crippen LogP contribution >= 0.6 is 11.6 Å². The van der Waals surface area contributed by atoms with Crippen molar-refractivity contribution < 1.29 is 22.4 Å². The number of piperidine rings is 1. The summed E-state index contributed by atoms with van der Waals surface area (Å²) in [6.07, 6.45) is 7.27. The Kier molecular flexibility index (Phi) is 11.2. The Morgan fingerprint density at radius 3 is 2.55 bits per heavy atom. The second-order valence-corrected chi connectivity index (χ2v) is 17.9. The Labute approximate surface area is 333 Å². The molecule has 2 saturated heterocycles. The van der Waals surface area contributed by atoms with Crippen molar-refractivity contribution in [1.82, 2.24) is 29.2 Å². The smallest absolute Gasteiger partial charge is 0.251 e. The van der Waals surface area contributed by atoms with Gasteiger partial charge in [0.05, 0.1) is 11.9 Å². The number of carbonyl (C=O) groups excluding carboxylic acids is 2. The predicted octanol–water partition coefficient (Wildman–Crippen LogP) is 5.60. The molecule has 0 bridgehead atoms. The number of carbonyl (C=O) groups is 2. The number of rotatable bonds is 12. The summed E-state index contributed by atoms with van der Waals surface area (Å²) in [6, 6.07) is 18.3. The lowest BCUT2D eigenvalue weighted by atomic mass is 9.97. The average molecular weight is 802 g/mol. The van der Waals surface area contributed by atoms with E-state index < -0.39 is 10.0 Å². The maximum absolute atomic E-state index is 13.9. The van der Waals surface area contributed by atoms with Gasteiger partial charge in [-0.15, -0.1) is 0 Å². The van der Waals surface area contributed by atoms with E-state index in [4.69, 9.17) is 16.7 Å². The van der Waals surface area contributed by atoms with Crippen LogP contribution in [-0.2, 0) is 40.7 Å². The lowest BCUT2D eigenvalue weighted by molar-refractivity contribution is -0.130. The second-order valence-electron chi connectivity index (χ2n) is 15.5. The summed E-state index contributed by atoms with van der Waals surface area (Å²) in [7, 11) is -3.41. The van der Waals surface area contributed by atoms with Crippen LogP contribution in [0.1, 0.15) is 59.3 Å². The minimum Gasteiger partial charge on any atom is -0.369 e. The van der Waals surface area contributed by atoms with Gasteiger partial charge in [0, 0.05) is 116 Å². The van der Waals surface area contributed by atoms with Crippen molar-refractivity contribution in [2.24, 2.45) is 0 Å². The minimum absolute atomic E-state index is 0.211. The Bertz CT molecular complexity index is 2240. The summed E-state index contributed by atoms with van der Waals surface area (Å²) in [4.78, 5) is 32.2. The van der Waals surface area contributed by atoms with E-state index in [9.17, 15) is 22.4 Å². The standard InChI is InChI=1S/C42H49ClFN7O4S/c1-56(54,55)49-23-15-38-36(28-49)41(46-51(38)19-4-17-47-20-13-34(14-21-47)50-18-3-7-40(50)52)31-9-11-37(43)35(26-31)30-5-2-6-32(25-30)42(53)45-16-24-48-22-12-29-8-10-33(44)27-39(29)48/h2,5-6,8-11,25-27,34H,3-4,7,12-24,28H2,1H3,(H,45,53). The first-order valence-corrected chi connectivity index (χ1v) is 22.0. The van der Waals surface area contributed by atoms with Crippen molar-refractivity contribution in [2.75, 3.05) is 63.5 Å². The number of hydrogen-bond acceptors (Lipinski definition) is 7. The number of benzene rings is 3. The van der Waals surface area contributed by atoms with Gasteiger partial charge >= 0.3 is 0 Å². The van der Waals surface area contributed by atoms with Crippen LogP contribution in [0.5, 0.6) is 0 Å². The number of sulfonamides is 1. The van der Waals surface area contributed by atoms with Gasteiger partial charge in [-0.1, -0.05) is 35.9 Å². The van der Waals surface area contributed by atoms with Gasteiger partial charge in [0.15, 0.2) is 0 Å². The topological polar surface area (TPSA) is 111 Å². The van der Waals surface area contributed by atoms with Crippen LogP contribution < -0.4 is 10.2 Å². The van der Waals surface area contributed by atoms with Gasteiger partial charge in [-0.25, -0.2) is 12.8 Å². The number of hydrogen-bond donors (Lipinski definition) is 1. The summed E-state index contributed by atoms with van der Waals surface area (Å²) in [5, 5.41) is 8.67. The molecule has 1 aromatic heterocycles. The number of likely N-dealkylation sites (tertiary alicyclic amines) is 2. The molecule has 56 heavy (non-hydrogen) atoms. The number of nitrogens with one attached hydrogen (secondary N) is 1. The van der Waals surface area contributed by atoms with Crippen LogP contribution in [0.3, 0.4) is 0 Å². The third kappa shape index (κ3) is 8.23. The third-order valence-corrected chi connectivity index (χ3v) is 13.5. The molecule has 0 aliphatic carbocycles. The number of amides is 2. The van der Waals surface area contributed by atoms with Crippen LogP contribution in [0.15, 0.2) is 60.7 Å². The number of anilines is 1. The van der Waals surface area contributed by atoms with E-state index in [1.54, 1.807) is 12.1 Å². The summed E-state index contributed by atoms with van der Waals surface area (Å²) in [6.45, 7) is 6.92.